The Hall–Kier alpha value is -1.91. The highest BCUT2D eigenvalue weighted by Gasteiger charge is 2.36. The van der Waals surface area contributed by atoms with Crippen molar-refractivity contribution >= 4 is 15.9 Å². The number of hydrogen-bond acceptors (Lipinski definition) is 4. The topological polar surface area (TPSA) is 90.3 Å². The first kappa shape index (κ1) is 18.4. The molecule has 24 heavy (non-hydrogen) atoms. The van der Waals surface area contributed by atoms with Gasteiger partial charge in [0.15, 0.2) is 0 Å². The minimum absolute atomic E-state index is 0.120. The van der Waals surface area contributed by atoms with Crippen molar-refractivity contribution in [2.45, 2.75) is 50.0 Å². The van der Waals surface area contributed by atoms with Crippen LogP contribution in [0.1, 0.15) is 47.2 Å². The van der Waals surface area contributed by atoms with Gasteiger partial charge in [-0.05, 0) is 62.8 Å². The third kappa shape index (κ3) is 3.30. The summed E-state index contributed by atoms with van der Waals surface area (Å²) in [4.78, 5) is 12.7. The van der Waals surface area contributed by atoms with E-state index in [1.807, 2.05) is 0 Å². The molecule has 0 heterocycles. The molecule has 2 rings (SSSR count). The van der Waals surface area contributed by atoms with E-state index in [-0.39, 0.29) is 10.5 Å². The van der Waals surface area contributed by atoms with Crippen LogP contribution in [0.25, 0.3) is 0 Å². The van der Waals surface area contributed by atoms with Crippen LogP contribution in [0.4, 0.5) is 0 Å². The molecule has 1 aromatic carbocycles. The van der Waals surface area contributed by atoms with Crippen molar-refractivity contribution in [3.63, 3.8) is 0 Å². The van der Waals surface area contributed by atoms with Crippen molar-refractivity contribution in [3.05, 3.63) is 28.8 Å². The summed E-state index contributed by atoms with van der Waals surface area (Å²) < 4.78 is 26.1. The zero-order valence-electron chi connectivity index (χ0n) is 14.5. The van der Waals surface area contributed by atoms with E-state index in [9.17, 15) is 18.5 Å². The first-order valence-electron chi connectivity index (χ1n) is 7.90. The van der Waals surface area contributed by atoms with E-state index in [0.29, 0.717) is 18.4 Å². The Morgan fingerprint density at radius 1 is 1.25 bits per heavy atom. The first-order valence-corrected chi connectivity index (χ1v) is 9.34. The second-order valence-electron chi connectivity index (χ2n) is 6.56. The molecule has 1 amide bonds. The third-order valence-corrected chi connectivity index (χ3v) is 6.61. The van der Waals surface area contributed by atoms with E-state index in [2.05, 4.69) is 11.4 Å². The van der Waals surface area contributed by atoms with Gasteiger partial charge in [0.1, 0.15) is 5.54 Å². The fourth-order valence-corrected chi connectivity index (χ4v) is 4.17. The molecule has 1 aliphatic rings. The van der Waals surface area contributed by atoms with Crippen molar-refractivity contribution in [2.75, 3.05) is 14.1 Å². The lowest BCUT2D eigenvalue weighted by atomic mass is 9.98. The maximum absolute atomic E-state index is 12.6. The van der Waals surface area contributed by atoms with Gasteiger partial charge in [0.05, 0.1) is 11.0 Å². The van der Waals surface area contributed by atoms with Gasteiger partial charge in [0.25, 0.3) is 5.91 Å². The quantitative estimate of drug-likeness (QED) is 0.901. The second kappa shape index (κ2) is 6.54. The van der Waals surface area contributed by atoms with Gasteiger partial charge < -0.3 is 5.32 Å². The number of nitriles is 1. The Morgan fingerprint density at radius 3 is 2.33 bits per heavy atom. The number of nitrogens with zero attached hydrogens (tertiary/aromatic N) is 2. The highest BCUT2D eigenvalue weighted by molar-refractivity contribution is 7.89. The molecule has 0 aliphatic heterocycles. The molecular formula is C17H23N3O3S. The largest absolute Gasteiger partial charge is 0.334 e. The minimum Gasteiger partial charge on any atom is -0.334 e. The van der Waals surface area contributed by atoms with Crippen LogP contribution < -0.4 is 5.32 Å². The van der Waals surface area contributed by atoms with Gasteiger partial charge in [0, 0.05) is 19.7 Å². The molecule has 0 saturated heterocycles. The van der Waals surface area contributed by atoms with Crippen molar-refractivity contribution in [1.29, 1.82) is 5.26 Å². The molecule has 0 spiro atoms. The van der Waals surface area contributed by atoms with Gasteiger partial charge in [0.2, 0.25) is 10.0 Å². The molecule has 1 aromatic rings. The van der Waals surface area contributed by atoms with Crippen LogP contribution in [0.3, 0.4) is 0 Å². The van der Waals surface area contributed by atoms with Crippen LogP contribution in [0.15, 0.2) is 17.0 Å². The SMILES string of the molecule is Cc1cc(C(=O)NC2(C#N)CCCC2)cc(S(=O)(=O)N(C)C)c1C. The number of sulfonamides is 1. The maximum atomic E-state index is 12.6. The van der Waals surface area contributed by atoms with Gasteiger partial charge in [-0.2, -0.15) is 5.26 Å². The zero-order chi connectivity index (χ0) is 18.1. The fraction of sp³-hybridized carbons (Fsp3) is 0.529. The lowest BCUT2D eigenvalue weighted by molar-refractivity contribution is 0.0920. The molecule has 1 aliphatic carbocycles. The Labute approximate surface area is 143 Å². The average molecular weight is 349 g/mol. The van der Waals surface area contributed by atoms with E-state index in [0.717, 1.165) is 22.7 Å². The van der Waals surface area contributed by atoms with E-state index < -0.39 is 21.5 Å². The summed E-state index contributed by atoms with van der Waals surface area (Å²) in [6.07, 6.45) is 3.06. The van der Waals surface area contributed by atoms with Gasteiger partial charge in [-0.25, -0.2) is 12.7 Å². The molecule has 6 nitrogen and oxygen atoms in total. The molecule has 1 fully saturated rings. The molecule has 0 atom stereocenters. The summed E-state index contributed by atoms with van der Waals surface area (Å²) in [5.41, 5.74) is 0.771. The standard InChI is InChI=1S/C17H23N3O3S/c1-12-9-14(10-15(13(12)2)24(22,23)20(3)4)16(21)19-17(11-18)7-5-6-8-17/h9-10H,5-8H2,1-4H3,(H,19,21). The molecule has 0 unspecified atom stereocenters. The molecular weight excluding hydrogens is 326 g/mol. The summed E-state index contributed by atoms with van der Waals surface area (Å²) in [7, 11) is -0.729. The number of carbonyl (C=O) groups excluding carboxylic acids is 1. The van der Waals surface area contributed by atoms with E-state index in [1.54, 1.807) is 19.9 Å². The Bertz CT molecular complexity index is 801. The lowest BCUT2D eigenvalue weighted by Crippen LogP contribution is -2.45. The average Bonchev–Trinajstić information content (AvgIpc) is 2.98. The van der Waals surface area contributed by atoms with Gasteiger partial charge in [-0.3, -0.25) is 4.79 Å². The number of rotatable bonds is 4. The minimum atomic E-state index is -3.65. The second-order valence-corrected chi connectivity index (χ2v) is 8.68. The predicted molar refractivity (Wildman–Crippen MR) is 91.1 cm³/mol. The monoisotopic (exact) mass is 349 g/mol. The molecule has 0 bridgehead atoms. The van der Waals surface area contributed by atoms with Crippen LogP contribution in [0.5, 0.6) is 0 Å². The lowest BCUT2D eigenvalue weighted by Gasteiger charge is -2.23. The van der Waals surface area contributed by atoms with E-state index >= 15 is 0 Å². The van der Waals surface area contributed by atoms with Crippen molar-refractivity contribution in [3.8, 4) is 6.07 Å². The number of hydrogen-bond donors (Lipinski definition) is 1. The van der Waals surface area contributed by atoms with Crippen LogP contribution in [0.2, 0.25) is 0 Å². The molecule has 0 aromatic heterocycles. The smallest absolute Gasteiger partial charge is 0.252 e. The number of benzene rings is 1. The molecule has 0 radical (unpaired) electrons. The normalized spacial score (nSPS) is 16.8. The highest BCUT2D eigenvalue weighted by atomic mass is 32.2. The van der Waals surface area contributed by atoms with Crippen LogP contribution >= 0.6 is 0 Å². The molecule has 130 valence electrons. The molecule has 7 heteroatoms. The molecule has 1 saturated carbocycles. The van der Waals surface area contributed by atoms with Gasteiger partial charge >= 0.3 is 0 Å². The molecule has 1 N–H and O–H groups in total. The first-order chi connectivity index (χ1) is 11.1. The zero-order valence-corrected chi connectivity index (χ0v) is 15.3. The fourth-order valence-electron chi connectivity index (χ4n) is 2.96. The Balaban J connectivity index is 2.44. The Morgan fingerprint density at radius 2 is 1.83 bits per heavy atom. The van der Waals surface area contributed by atoms with Crippen LogP contribution in [0, 0.1) is 25.2 Å². The van der Waals surface area contributed by atoms with Gasteiger partial charge in [-0.1, -0.05) is 0 Å². The summed E-state index contributed by atoms with van der Waals surface area (Å²) in [6, 6.07) is 5.27. The predicted octanol–water partition coefficient (Wildman–Crippen LogP) is 2.12. The third-order valence-electron chi connectivity index (χ3n) is 4.66. The van der Waals surface area contributed by atoms with Crippen molar-refractivity contribution in [2.24, 2.45) is 0 Å². The number of carbonyl (C=O) groups is 1. The summed E-state index contributed by atoms with van der Waals surface area (Å²) in [5.74, 6) is -0.406. The highest BCUT2D eigenvalue weighted by Crippen LogP contribution is 2.30. The summed E-state index contributed by atoms with van der Waals surface area (Å²) in [5, 5.41) is 12.2. The van der Waals surface area contributed by atoms with Gasteiger partial charge in [-0.15, -0.1) is 0 Å². The van der Waals surface area contributed by atoms with E-state index in [1.165, 1.54) is 20.2 Å². The number of aryl methyl sites for hydroxylation is 1. The summed E-state index contributed by atoms with van der Waals surface area (Å²) >= 11 is 0. The Kier molecular flexibility index (Phi) is 5.02. The maximum Gasteiger partial charge on any atom is 0.252 e. The van der Waals surface area contributed by atoms with E-state index in [4.69, 9.17) is 0 Å². The van der Waals surface area contributed by atoms with Crippen LogP contribution in [-0.2, 0) is 10.0 Å². The van der Waals surface area contributed by atoms with Crippen molar-refractivity contribution < 1.29 is 13.2 Å². The van der Waals surface area contributed by atoms with Crippen LogP contribution in [-0.4, -0.2) is 38.3 Å². The number of nitrogens with one attached hydrogen (secondary N) is 1. The summed E-state index contributed by atoms with van der Waals surface area (Å²) in [6.45, 7) is 3.50. The van der Waals surface area contributed by atoms with Crippen molar-refractivity contribution in [1.82, 2.24) is 9.62 Å². The number of amides is 1.